The number of carbonyl (C=O) groups is 1. The van der Waals surface area contributed by atoms with E-state index in [1.165, 1.54) is 4.68 Å². The number of aromatic nitrogens is 4. The van der Waals surface area contributed by atoms with E-state index >= 15 is 0 Å². The summed E-state index contributed by atoms with van der Waals surface area (Å²) >= 11 is 0. The highest BCUT2D eigenvalue weighted by Gasteiger charge is 2.18. The predicted molar refractivity (Wildman–Crippen MR) is 65.9 cm³/mol. The van der Waals surface area contributed by atoms with Gasteiger partial charge in [-0.3, -0.25) is 9.48 Å². The summed E-state index contributed by atoms with van der Waals surface area (Å²) in [6.07, 6.45) is 3.12. The molecule has 18 heavy (non-hydrogen) atoms. The minimum Gasteiger partial charge on any atom is -0.383 e. The van der Waals surface area contributed by atoms with Crippen molar-refractivity contribution < 1.29 is 4.79 Å². The molecule has 0 bridgehead atoms. The third-order valence-corrected chi connectivity index (χ3v) is 2.55. The summed E-state index contributed by atoms with van der Waals surface area (Å²) < 4.78 is 1.52. The normalized spacial score (nSPS) is 10.6. The number of anilines is 1. The highest BCUT2D eigenvalue weighted by atomic mass is 16.1. The average molecular weight is 246 g/mol. The zero-order valence-corrected chi connectivity index (χ0v) is 10.00. The molecule has 7 heteroatoms. The van der Waals surface area contributed by atoms with Gasteiger partial charge < -0.3 is 11.5 Å². The van der Waals surface area contributed by atoms with Crippen LogP contribution in [0.15, 0.2) is 18.5 Å². The number of nitrogen functional groups attached to an aromatic ring is 1. The van der Waals surface area contributed by atoms with Crippen LogP contribution in [0.25, 0.3) is 0 Å². The molecule has 0 aliphatic carbocycles. The van der Waals surface area contributed by atoms with E-state index in [9.17, 15) is 4.79 Å². The SMILES string of the molecule is Cc1ccnc(N)c1C(=O)c1cn(CCN)nn1. The Morgan fingerprint density at radius 1 is 1.50 bits per heavy atom. The molecule has 0 spiro atoms. The lowest BCUT2D eigenvalue weighted by Crippen LogP contribution is -2.11. The summed E-state index contributed by atoms with van der Waals surface area (Å²) in [4.78, 5) is 16.2. The van der Waals surface area contributed by atoms with Crippen LogP contribution in [0.5, 0.6) is 0 Å². The van der Waals surface area contributed by atoms with Crippen LogP contribution in [0.2, 0.25) is 0 Å². The zero-order valence-electron chi connectivity index (χ0n) is 10.00. The van der Waals surface area contributed by atoms with E-state index in [0.717, 1.165) is 5.56 Å². The highest BCUT2D eigenvalue weighted by Crippen LogP contribution is 2.17. The summed E-state index contributed by atoms with van der Waals surface area (Å²) in [5.74, 6) is -0.0743. The highest BCUT2D eigenvalue weighted by molar-refractivity contribution is 6.11. The lowest BCUT2D eigenvalue weighted by Gasteiger charge is -2.04. The second kappa shape index (κ2) is 4.92. The Labute approximate surface area is 104 Å². The molecular formula is C11H14N6O. The molecule has 94 valence electrons. The Kier molecular flexibility index (Phi) is 3.33. The molecule has 0 amide bonds. The third-order valence-electron chi connectivity index (χ3n) is 2.55. The van der Waals surface area contributed by atoms with E-state index in [2.05, 4.69) is 15.3 Å². The van der Waals surface area contributed by atoms with Crippen LogP contribution in [-0.2, 0) is 6.54 Å². The number of aryl methyl sites for hydroxylation is 1. The smallest absolute Gasteiger partial charge is 0.218 e. The first kappa shape index (κ1) is 12.2. The topological polar surface area (TPSA) is 113 Å². The summed E-state index contributed by atoms with van der Waals surface area (Å²) in [6.45, 7) is 2.75. The van der Waals surface area contributed by atoms with Crippen molar-refractivity contribution in [3.8, 4) is 0 Å². The van der Waals surface area contributed by atoms with Gasteiger partial charge in [-0.25, -0.2) is 4.98 Å². The molecule has 2 aromatic heterocycles. The molecule has 2 aromatic rings. The number of carbonyl (C=O) groups excluding carboxylic acids is 1. The summed E-state index contributed by atoms with van der Waals surface area (Å²) in [5, 5.41) is 7.63. The molecule has 4 N–H and O–H groups in total. The third kappa shape index (κ3) is 2.21. The van der Waals surface area contributed by atoms with E-state index in [0.29, 0.717) is 18.7 Å². The number of nitrogens with two attached hydrogens (primary N) is 2. The van der Waals surface area contributed by atoms with Gasteiger partial charge in [-0.15, -0.1) is 5.10 Å². The number of pyridine rings is 1. The van der Waals surface area contributed by atoms with E-state index in [1.807, 2.05) is 0 Å². The van der Waals surface area contributed by atoms with E-state index in [4.69, 9.17) is 11.5 Å². The first-order valence-corrected chi connectivity index (χ1v) is 5.49. The molecule has 2 heterocycles. The molecule has 0 unspecified atom stereocenters. The van der Waals surface area contributed by atoms with Gasteiger partial charge in [0, 0.05) is 12.7 Å². The quantitative estimate of drug-likeness (QED) is 0.719. The molecule has 0 atom stereocenters. The van der Waals surface area contributed by atoms with Crippen LogP contribution in [0.4, 0.5) is 5.82 Å². The number of nitrogens with zero attached hydrogens (tertiary/aromatic N) is 4. The Morgan fingerprint density at radius 2 is 2.28 bits per heavy atom. The lowest BCUT2D eigenvalue weighted by atomic mass is 10.0. The number of ketones is 1. The van der Waals surface area contributed by atoms with E-state index in [1.54, 1.807) is 25.4 Å². The van der Waals surface area contributed by atoms with Crippen LogP contribution in [0, 0.1) is 6.92 Å². The largest absolute Gasteiger partial charge is 0.383 e. The van der Waals surface area contributed by atoms with Gasteiger partial charge in [-0.1, -0.05) is 5.21 Å². The van der Waals surface area contributed by atoms with Gasteiger partial charge in [-0.05, 0) is 18.6 Å². The van der Waals surface area contributed by atoms with Gasteiger partial charge in [0.25, 0.3) is 0 Å². The second-order valence-corrected chi connectivity index (χ2v) is 3.87. The lowest BCUT2D eigenvalue weighted by molar-refractivity contribution is 0.103. The fourth-order valence-electron chi connectivity index (χ4n) is 1.65. The van der Waals surface area contributed by atoms with Crippen molar-refractivity contribution in [2.45, 2.75) is 13.5 Å². The second-order valence-electron chi connectivity index (χ2n) is 3.87. The maximum Gasteiger partial charge on any atom is 0.218 e. The molecular weight excluding hydrogens is 232 g/mol. The summed E-state index contributed by atoms with van der Waals surface area (Å²) in [5.41, 5.74) is 12.5. The van der Waals surface area contributed by atoms with Gasteiger partial charge in [0.1, 0.15) is 5.82 Å². The average Bonchev–Trinajstić information content (AvgIpc) is 2.78. The maximum atomic E-state index is 12.2. The molecule has 7 nitrogen and oxygen atoms in total. The van der Waals surface area contributed by atoms with Crippen molar-refractivity contribution in [2.75, 3.05) is 12.3 Å². The Bertz CT molecular complexity index is 556. The fourth-order valence-corrected chi connectivity index (χ4v) is 1.65. The molecule has 0 fully saturated rings. The van der Waals surface area contributed by atoms with E-state index < -0.39 is 0 Å². The maximum absolute atomic E-state index is 12.2. The number of rotatable bonds is 4. The van der Waals surface area contributed by atoms with Gasteiger partial charge in [0.05, 0.1) is 18.3 Å². The minimum absolute atomic E-state index is 0.202. The van der Waals surface area contributed by atoms with Crippen LogP contribution < -0.4 is 11.5 Å². The molecule has 0 radical (unpaired) electrons. The molecule has 0 aromatic carbocycles. The van der Waals surface area contributed by atoms with Gasteiger partial charge in [0.2, 0.25) is 5.78 Å². The van der Waals surface area contributed by atoms with Gasteiger partial charge in [0.15, 0.2) is 5.69 Å². The zero-order chi connectivity index (χ0) is 13.1. The molecule has 2 rings (SSSR count). The first-order valence-electron chi connectivity index (χ1n) is 5.49. The van der Waals surface area contributed by atoms with Crippen LogP contribution in [0.3, 0.4) is 0 Å². The van der Waals surface area contributed by atoms with Crippen molar-refractivity contribution in [2.24, 2.45) is 5.73 Å². The predicted octanol–water partition coefficient (Wildman–Crippen LogP) is -0.247. The van der Waals surface area contributed by atoms with Crippen LogP contribution in [-0.4, -0.2) is 32.3 Å². The van der Waals surface area contributed by atoms with Crippen molar-refractivity contribution in [3.05, 3.63) is 35.3 Å². The van der Waals surface area contributed by atoms with Crippen molar-refractivity contribution in [3.63, 3.8) is 0 Å². The minimum atomic E-state index is -0.277. The molecule has 0 aliphatic rings. The van der Waals surface area contributed by atoms with Crippen LogP contribution >= 0.6 is 0 Å². The summed E-state index contributed by atoms with van der Waals surface area (Å²) in [6, 6.07) is 1.73. The Morgan fingerprint density at radius 3 is 2.94 bits per heavy atom. The molecule has 0 saturated carbocycles. The van der Waals surface area contributed by atoms with Gasteiger partial charge >= 0.3 is 0 Å². The van der Waals surface area contributed by atoms with Crippen LogP contribution in [0.1, 0.15) is 21.6 Å². The Hall–Kier alpha value is -2.28. The summed E-state index contributed by atoms with van der Waals surface area (Å²) in [7, 11) is 0. The van der Waals surface area contributed by atoms with Crippen molar-refractivity contribution >= 4 is 11.6 Å². The number of hydrogen-bond donors (Lipinski definition) is 2. The standard InChI is InChI=1S/C11H14N6O/c1-7-2-4-14-11(13)9(7)10(18)8-6-17(5-3-12)16-15-8/h2,4,6H,3,5,12H2,1H3,(H2,13,14). The monoisotopic (exact) mass is 246 g/mol. The molecule has 0 saturated heterocycles. The molecule has 0 aliphatic heterocycles. The number of hydrogen-bond acceptors (Lipinski definition) is 6. The Balaban J connectivity index is 2.35. The van der Waals surface area contributed by atoms with Gasteiger partial charge in [-0.2, -0.15) is 0 Å². The van der Waals surface area contributed by atoms with E-state index in [-0.39, 0.29) is 17.3 Å². The van der Waals surface area contributed by atoms with Crippen molar-refractivity contribution in [1.82, 2.24) is 20.0 Å². The van der Waals surface area contributed by atoms with Crippen molar-refractivity contribution in [1.29, 1.82) is 0 Å². The first-order chi connectivity index (χ1) is 8.63. The fraction of sp³-hybridized carbons (Fsp3) is 0.273.